The predicted octanol–water partition coefficient (Wildman–Crippen LogP) is -0.819. The molecule has 7 aliphatic rings. The molecule has 3 fully saturated rings. The molecule has 6 heterocycles. The van der Waals surface area contributed by atoms with Gasteiger partial charge in [-0.25, -0.2) is 0 Å². The summed E-state index contributed by atoms with van der Waals surface area (Å²) in [4.78, 5) is 56.9. The van der Waals surface area contributed by atoms with Crippen molar-refractivity contribution >= 4 is 51.0 Å². The number of nitrogens with one attached hydrogen (secondary N) is 3. The van der Waals surface area contributed by atoms with Crippen LogP contribution in [0.3, 0.4) is 0 Å². The van der Waals surface area contributed by atoms with E-state index in [2.05, 4.69) is 27.8 Å². The Morgan fingerprint density at radius 3 is 2.65 bits per heavy atom. The van der Waals surface area contributed by atoms with E-state index < -0.39 is 103 Å². The maximum absolute atomic E-state index is 15.0. The van der Waals surface area contributed by atoms with E-state index in [1.807, 2.05) is 29.2 Å². The van der Waals surface area contributed by atoms with Crippen molar-refractivity contribution in [3.63, 3.8) is 0 Å². The zero-order valence-corrected chi connectivity index (χ0v) is 38.0. The van der Waals surface area contributed by atoms with E-state index >= 15 is 4.79 Å². The molecule has 6 bridgehead atoms. The smallest absolute Gasteiger partial charge is 0.242 e. The standard InChI is InChI=1S/C47H51N5O14S2/c48-45-50-41-36(42(59)51-45)49-21-52(41)31-4-2-1-3-27(31)34-23-6-8-32(56)24-9-11-46(61)33(18-63-16-23)65-44(47(62,43(46)60)20-68-67-19-24)66-39-30(34)14-29-35(40(39)64-17-25(55)10-12-53)38(58)28-13-22(15-54)5-7-26(28)37(29)57/h1-5,7,12-14,23-25,32-34,36,41,43-45,49-50,54-56,60-62H,6,8,10,15-21,48H2,(H,51,59). The number of amides is 1. The molecule has 0 radical (unpaired) electrons. The van der Waals surface area contributed by atoms with Crippen molar-refractivity contribution in [3.8, 4) is 23.3 Å². The quantitative estimate of drug-likeness (QED) is 0.0587. The van der Waals surface area contributed by atoms with Gasteiger partial charge in [-0.05, 0) is 54.2 Å². The summed E-state index contributed by atoms with van der Waals surface area (Å²) in [6.07, 6.45) is -8.88. The molecule has 0 aromatic heterocycles. The van der Waals surface area contributed by atoms with Crippen LogP contribution in [0.5, 0.6) is 11.5 Å². The Kier molecular flexibility index (Phi) is 12.9. The van der Waals surface area contributed by atoms with E-state index in [0.29, 0.717) is 23.1 Å². The van der Waals surface area contributed by atoms with Gasteiger partial charge in [0.05, 0.1) is 50.2 Å². The highest BCUT2D eigenvalue weighted by Gasteiger charge is 2.64. The van der Waals surface area contributed by atoms with Crippen molar-refractivity contribution in [1.82, 2.24) is 16.0 Å². The average Bonchev–Trinajstić information content (AvgIpc) is 3.74. The molecule has 0 spiro atoms. The third-order valence-electron chi connectivity index (χ3n) is 14.0. The number of aliphatic hydroxyl groups excluding tert-OH is 4. The second-order valence-electron chi connectivity index (χ2n) is 18.2. The minimum Gasteiger partial charge on any atom is -0.486 e. The van der Waals surface area contributed by atoms with Crippen LogP contribution in [0.2, 0.25) is 0 Å². The van der Waals surface area contributed by atoms with Gasteiger partial charge in [0.1, 0.15) is 43.6 Å². The van der Waals surface area contributed by atoms with Crippen LogP contribution in [0.15, 0.2) is 48.5 Å². The molecule has 3 aromatic carbocycles. The molecule has 13 unspecified atom stereocenters. The number of anilines is 1. The molecule has 19 nitrogen and oxygen atoms in total. The number of rotatable bonds is 8. The van der Waals surface area contributed by atoms with Gasteiger partial charge in [-0.3, -0.25) is 30.8 Å². The van der Waals surface area contributed by atoms with Crippen molar-refractivity contribution in [1.29, 1.82) is 0 Å². The number of fused-ring (bicyclic) bond motifs is 11. The number of nitrogens with two attached hydrogens (primary N) is 1. The molecule has 13 atom stereocenters. The highest BCUT2D eigenvalue weighted by molar-refractivity contribution is 8.76. The van der Waals surface area contributed by atoms with Crippen LogP contribution < -0.4 is 36.1 Å². The van der Waals surface area contributed by atoms with E-state index in [-0.39, 0.29) is 95.9 Å². The highest BCUT2D eigenvalue weighted by atomic mass is 33.1. The first-order valence-electron chi connectivity index (χ1n) is 22.4. The molecule has 3 saturated heterocycles. The van der Waals surface area contributed by atoms with Gasteiger partial charge in [0.15, 0.2) is 34.3 Å². The summed E-state index contributed by atoms with van der Waals surface area (Å²) in [5.41, 5.74) is 2.71. The van der Waals surface area contributed by atoms with Crippen molar-refractivity contribution in [3.05, 3.63) is 87.5 Å². The van der Waals surface area contributed by atoms with Crippen molar-refractivity contribution in [2.24, 2.45) is 17.6 Å². The molecule has 6 aliphatic heterocycles. The fourth-order valence-electron chi connectivity index (χ4n) is 10.4. The minimum absolute atomic E-state index is 0.0453. The lowest BCUT2D eigenvalue weighted by atomic mass is 9.74. The predicted molar refractivity (Wildman–Crippen MR) is 244 cm³/mol. The van der Waals surface area contributed by atoms with Gasteiger partial charge >= 0.3 is 0 Å². The average molecular weight is 974 g/mol. The maximum atomic E-state index is 15.0. The zero-order valence-electron chi connectivity index (χ0n) is 36.4. The first-order chi connectivity index (χ1) is 32.7. The van der Waals surface area contributed by atoms with Crippen LogP contribution in [-0.2, 0) is 25.7 Å². The number of hydrogen-bond acceptors (Lipinski definition) is 20. The van der Waals surface area contributed by atoms with E-state index in [1.54, 1.807) is 0 Å². The summed E-state index contributed by atoms with van der Waals surface area (Å²) in [6.45, 7) is -1.29. The molecule has 10 rings (SSSR count). The van der Waals surface area contributed by atoms with Crippen LogP contribution in [0.1, 0.15) is 73.7 Å². The van der Waals surface area contributed by atoms with Gasteiger partial charge in [0.25, 0.3) is 0 Å². The van der Waals surface area contributed by atoms with Crippen LogP contribution in [0.25, 0.3) is 0 Å². The minimum atomic E-state index is -2.46. The normalized spacial score (nSPS) is 34.5. The van der Waals surface area contributed by atoms with Gasteiger partial charge in [-0.2, -0.15) is 0 Å². The van der Waals surface area contributed by atoms with Crippen LogP contribution in [0.4, 0.5) is 5.69 Å². The Morgan fingerprint density at radius 2 is 1.84 bits per heavy atom. The first kappa shape index (κ1) is 47.1. The summed E-state index contributed by atoms with van der Waals surface area (Å²) in [7, 11) is 2.43. The summed E-state index contributed by atoms with van der Waals surface area (Å²) in [6, 6.07) is 12.6. The number of hydrogen-bond donors (Lipinski definition) is 10. The van der Waals surface area contributed by atoms with E-state index in [9.17, 15) is 45.0 Å². The first-order valence-corrected chi connectivity index (χ1v) is 24.9. The molecule has 0 saturated carbocycles. The Balaban J connectivity index is 1.28. The summed E-state index contributed by atoms with van der Waals surface area (Å²) in [5.74, 6) is 1.29. The fourth-order valence-corrected chi connectivity index (χ4v) is 13.1. The molecule has 11 N–H and O–H groups in total. The Bertz CT molecular complexity index is 2600. The molecule has 21 heteroatoms. The van der Waals surface area contributed by atoms with Gasteiger partial charge < -0.3 is 64.6 Å². The summed E-state index contributed by atoms with van der Waals surface area (Å²) < 4.78 is 26.4. The number of ketones is 2. The maximum Gasteiger partial charge on any atom is 0.242 e. The number of carbonyl (C=O) groups excluding carboxylic acids is 4. The third-order valence-corrected chi connectivity index (χ3v) is 16.5. The zero-order chi connectivity index (χ0) is 47.6. The Labute approximate surface area is 397 Å². The molecular weight excluding hydrogens is 923 g/mol. The van der Waals surface area contributed by atoms with Gasteiger partial charge in [0, 0.05) is 51.8 Å². The molecule has 3 aromatic rings. The fraction of sp³-hybridized carbons (Fsp3) is 0.489. The van der Waals surface area contributed by atoms with Crippen molar-refractivity contribution < 1.29 is 68.8 Å². The Hall–Kier alpha value is -4.64. The third kappa shape index (κ3) is 7.98. The molecule has 1 amide bonds. The number of carbonyl (C=O) groups is 4. The lowest BCUT2D eigenvalue weighted by Gasteiger charge is -2.51. The highest BCUT2D eigenvalue weighted by Crippen LogP contribution is 2.53. The number of para-hydroxylation sites is 1. The van der Waals surface area contributed by atoms with Gasteiger partial charge in [0.2, 0.25) is 12.2 Å². The lowest BCUT2D eigenvalue weighted by molar-refractivity contribution is -0.332. The van der Waals surface area contributed by atoms with E-state index in [4.69, 9.17) is 24.7 Å². The monoisotopic (exact) mass is 973 g/mol. The number of aldehydes is 1. The largest absolute Gasteiger partial charge is 0.486 e. The van der Waals surface area contributed by atoms with E-state index in [1.165, 1.54) is 35.1 Å². The summed E-state index contributed by atoms with van der Waals surface area (Å²) in [5, 5.41) is 79.9. The van der Waals surface area contributed by atoms with Crippen molar-refractivity contribution in [2.75, 3.05) is 42.9 Å². The lowest BCUT2D eigenvalue weighted by Crippen LogP contribution is -2.74. The number of benzene rings is 3. The summed E-state index contributed by atoms with van der Waals surface area (Å²) >= 11 is 0. The molecule has 68 heavy (non-hydrogen) atoms. The number of ether oxygens (including phenoxy) is 4. The molecule has 360 valence electrons. The number of nitrogens with zero attached hydrogens (tertiary/aromatic N) is 1. The van der Waals surface area contributed by atoms with Crippen LogP contribution in [0, 0.1) is 23.7 Å². The van der Waals surface area contributed by atoms with E-state index in [0.717, 1.165) is 10.8 Å². The Morgan fingerprint density at radius 1 is 1.01 bits per heavy atom. The number of aliphatic hydroxyl groups is 6. The van der Waals surface area contributed by atoms with Gasteiger partial charge in [-0.15, -0.1) is 0 Å². The van der Waals surface area contributed by atoms with Crippen LogP contribution in [-0.4, -0.2) is 153 Å². The second kappa shape index (κ2) is 18.6. The van der Waals surface area contributed by atoms with Crippen LogP contribution >= 0.6 is 21.6 Å². The molecule has 1 aliphatic carbocycles. The topological polar surface area (TPSA) is 292 Å². The second-order valence-corrected chi connectivity index (χ2v) is 20.7. The SMILES string of the molecule is NC1NC(=O)C2NCN(c3ccccc3C3c4cc5c(c(OCC(O)CC=O)c4OC4OC6COCC3CCC(O)C3C#CC6(O)C(O)C4(O)CSSC3)C(=O)c3cc(CO)ccc3C5=O)C2N1. The van der Waals surface area contributed by atoms with Crippen molar-refractivity contribution in [2.45, 2.75) is 92.2 Å². The van der Waals surface area contributed by atoms with Gasteiger partial charge in [-0.1, -0.05) is 57.7 Å². The molecular formula is C47H51N5O14S2.